The van der Waals surface area contributed by atoms with Gasteiger partial charge >= 0.3 is 0 Å². The molecule has 2 aromatic rings. The van der Waals surface area contributed by atoms with Crippen LogP contribution in [0.25, 0.3) is 11.1 Å². The Bertz CT molecular complexity index is 526. The molecule has 0 aliphatic heterocycles. The average molecular weight is 227 g/mol. The maximum absolute atomic E-state index is 10.1. The molecule has 0 unspecified atom stereocenters. The summed E-state index contributed by atoms with van der Waals surface area (Å²) in [5, 5.41) is 13.2. The number of phenolic OH excluding ortho intramolecular Hbond substituents is 1. The Morgan fingerprint density at radius 3 is 2.06 bits per heavy atom. The van der Waals surface area contributed by atoms with Gasteiger partial charge in [0.15, 0.2) is 0 Å². The van der Waals surface area contributed by atoms with E-state index < -0.39 is 0 Å². The first kappa shape index (κ1) is 11.5. The standard InChI is InChI=1S/C15H17NO/c1-10-6-4-8-12(16-3)14(10)15-11(2)7-5-9-13(15)17/h4-9,16-17H,1-3H3. The number of hydrogen-bond donors (Lipinski definition) is 2. The average Bonchev–Trinajstić information content (AvgIpc) is 2.30. The van der Waals surface area contributed by atoms with Crippen LogP contribution in [0.3, 0.4) is 0 Å². The van der Waals surface area contributed by atoms with E-state index in [1.54, 1.807) is 6.07 Å². The lowest BCUT2D eigenvalue weighted by atomic mass is 9.94. The fourth-order valence-electron chi connectivity index (χ4n) is 2.19. The number of aromatic hydroxyl groups is 1. The number of aryl methyl sites for hydroxylation is 2. The van der Waals surface area contributed by atoms with Crippen LogP contribution in [0.4, 0.5) is 5.69 Å². The first-order valence-electron chi connectivity index (χ1n) is 5.71. The summed E-state index contributed by atoms with van der Waals surface area (Å²) >= 11 is 0. The summed E-state index contributed by atoms with van der Waals surface area (Å²) in [6.07, 6.45) is 0. The number of nitrogens with one attached hydrogen (secondary N) is 1. The van der Waals surface area contributed by atoms with Crippen molar-refractivity contribution in [3.63, 3.8) is 0 Å². The molecule has 0 bridgehead atoms. The van der Waals surface area contributed by atoms with Gasteiger partial charge in [-0.05, 0) is 37.1 Å². The van der Waals surface area contributed by atoms with Gasteiger partial charge in [-0.3, -0.25) is 0 Å². The van der Waals surface area contributed by atoms with Crippen LogP contribution in [-0.4, -0.2) is 12.2 Å². The van der Waals surface area contributed by atoms with Gasteiger partial charge in [-0.1, -0.05) is 24.3 Å². The summed E-state index contributed by atoms with van der Waals surface area (Å²) in [5.41, 5.74) is 5.26. The quantitative estimate of drug-likeness (QED) is 0.819. The van der Waals surface area contributed by atoms with Crippen molar-refractivity contribution in [2.75, 3.05) is 12.4 Å². The van der Waals surface area contributed by atoms with Crippen LogP contribution in [-0.2, 0) is 0 Å². The SMILES string of the molecule is CNc1cccc(C)c1-c1c(C)cccc1O. The van der Waals surface area contributed by atoms with Gasteiger partial charge in [-0.15, -0.1) is 0 Å². The van der Waals surface area contributed by atoms with E-state index in [2.05, 4.69) is 18.3 Å². The summed E-state index contributed by atoms with van der Waals surface area (Å²) < 4.78 is 0. The fourth-order valence-corrected chi connectivity index (χ4v) is 2.19. The van der Waals surface area contributed by atoms with Gasteiger partial charge in [0.1, 0.15) is 5.75 Å². The van der Waals surface area contributed by atoms with Crippen molar-refractivity contribution in [2.45, 2.75) is 13.8 Å². The van der Waals surface area contributed by atoms with E-state index in [-0.39, 0.29) is 0 Å². The lowest BCUT2D eigenvalue weighted by Gasteiger charge is -2.15. The minimum atomic E-state index is 0.329. The molecule has 0 atom stereocenters. The zero-order valence-corrected chi connectivity index (χ0v) is 10.4. The molecule has 88 valence electrons. The summed E-state index contributed by atoms with van der Waals surface area (Å²) in [5.74, 6) is 0.329. The van der Waals surface area contributed by atoms with Crippen molar-refractivity contribution < 1.29 is 5.11 Å². The molecule has 0 aliphatic carbocycles. The first-order valence-corrected chi connectivity index (χ1v) is 5.71. The van der Waals surface area contributed by atoms with E-state index in [0.717, 1.165) is 27.9 Å². The number of rotatable bonds is 2. The second-order valence-electron chi connectivity index (χ2n) is 4.22. The van der Waals surface area contributed by atoms with Crippen LogP contribution < -0.4 is 5.32 Å². The van der Waals surface area contributed by atoms with Crippen molar-refractivity contribution >= 4 is 5.69 Å². The highest BCUT2D eigenvalue weighted by Gasteiger charge is 2.13. The van der Waals surface area contributed by atoms with E-state index in [0.29, 0.717) is 5.75 Å². The second kappa shape index (κ2) is 4.50. The highest BCUT2D eigenvalue weighted by Crippen LogP contribution is 2.38. The minimum absolute atomic E-state index is 0.329. The molecular weight excluding hydrogens is 210 g/mol. The normalized spacial score (nSPS) is 10.3. The lowest BCUT2D eigenvalue weighted by molar-refractivity contribution is 0.477. The summed E-state index contributed by atoms with van der Waals surface area (Å²) in [6.45, 7) is 4.07. The molecule has 0 saturated carbocycles. The van der Waals surface area contributed by atoms with Crippen molar-refractivity contribution in [2.24, 2.45) is 0 Å². The molecule has 2 heteroatoms. The molecule has 2 nitrogen and oxygen atoms in total. The summed E-state index contributed by atoms with van der Waals surface area (Å²) in [6, 6.07) is 11.7. The smallest absolute Gasteiger partial charge is 0.123 e. The Morgan fingerprint density at radius 1 is 0.882 bits per heavy atom. The molecule has 0 spiro atoms. The van der Waals surface area contributed by atoms with Gasteiger partial charge in [0.25, 0.3) is 0 Å². The van der Waals surface area contributed by atoms with E-state index in [1.165, 1.54) is 0 Å². The molecule has 17 heavy (non-hydrogen) atoms. The van der Waals surface area contributed by atoms with Crippen LogP contribution in [0.5, 0.6) is 5.75 Å². The number of anilines is 1. The molecule has 0 radical (unpaired) electrons. The predicted octanol–water partition coefficient (Wildman–Crippen LogP) is 3.72. The van der Waals surface area contributed by atoms with Crippen LogP contribution in [0.1, 0.15) is 11.1 Å². The van der Waals surface area contributed by atoms with Crippen molar-refractivity contribution in [1.29, 1.82) is 0 Å². The molecule has 2 aromatic carbocycles. The van der Waals surface area contributed by atoms with Gasteiger partial charge in [0.05, 0.1) is 0 Å². The first-order chi connectivity index (χ1) is 8.15. The van der Waals surface area contributed by atoms with Gasteiger partial charge in [0.2, 0.25) is 0 Å². The van der Waals surface area contributed by atoms with Gasteiger partial charge < -0.3 is 10.4 Å². The molecule has 0 amide bonds. The van der Waals surface area contributed by atoms with Crippen LogP contribution in [0.15, 0.2) is 36.4 Å². The Morgan fingerprint density at radius 2 is 1.47 bits per heavy atom. The molecular formula is C15H17NO. The van der Waals surface area contributed by atoms with E-state index in [4.69, 9.17) is 0 Å². The molecule has 0 heterocycles. The highest BCUT2D eigenvalue weighted by atomic mass is 16.3. The third-order valence-electron chi connectivity index (χ3n) is 3.04. The number of benzene rings is 2. The lowest BCUT2D eigenvalue weighted by Crippen LogP contribution is -1.96. The fraction of sp³-hybridized carbons (Fsp3) is 0.200. The van der Waals surface area contributed by atoms with Gasteiger partial charge in [-0.25, -0.2) is 0 Å². The maximum atomic E-state index is 10.1. The number of phenols is 1. The van der Waals surface area contributed by atoms with Crippen molar-refractivity contribution in [1.82, 2.24) is 0 Å². The topological polar surface area (TPSA) is 32.3 Å². The van der Waals surface area contributed by atoms with E-state index in [9.17, 15) is 5.11 Å². The Labute approximate surface area is 102 Å². The van der Waals surface area contributed by atoms with E-state index in [1.807, 2.05) is 38.2 Å². The largest absolute Gasteiger partial charge is 0.507 e. The van der Waals surface area contributed by atoms with Crippen LogP contribution in [0.2, 0.25) is 0 Å². The van der Waals surface area contributed by atoms with Gasteiger partial charge in [0, 0.05) is 23.9 Å². The monoisotopic (exact) mass is 227 g/mol. The van der Waals surface area contributed by atoms with Gasteiger partial charge in [-0.2, -0.15) is 0 Å². The van der Waals surface area contributed by atoms with Crippen molar-refractivity contribution in [3.8, 4) is 16.9 Å². The second-order valence-corrected chi connectivity index (χ2v) is 4.22. The molecule has 0 fully saturated rings. The molecule has 2 N–H and O–H groups in total. The third kappa shape index (κ3) is 1.98. The van der Waals surface area contributed by atoms with Crippen LogP contribution in [0, 0.1) is 13.8 Å². The molecule has 2 rings (SSSR count). The van der Waals surface area contributed by atoms with Crippen LogP contribution >= 0.6 is 0 Å². The Kier molecular flexibility index (Phi) is 3.05. The summed E-state index contributed by atoms with van der Waals surface area (Å²) in [7, 11) is 1.90. The predicted molar refractivity (Wildman–Crippen MR) is 72.6 cm³/mol. The zero-order chi connectivity index (χ0) is 12.4. The molecule has 0 saturated heterocycles. The third-order valence-corrected chi connectivity index (χ3v) is 3.04. The highest BCUT2D eigenvalue weighted by molar-refractivity contribution is 5.85. The number of hydrogen-bond acceptors (Lipinski definition) is 2. The maximum Gasteiger partial charge on any atom is 0.123 e. The Hall–Kier alpha value is -1.96. The molecule has 0 aromatic heterocycles. The summed E-state index contributed by atoms with van der Waals surface area (Å²) in [4.78, 5) is 0. The van der Waals surface area contributed by atoms with Crippen molar-refractivity contribution in [3.05, 3.63) is 47.5 Å². The van der Waals surface area contributed by atoms with E-state index >= 15 is 0 Å². The molecule has 0 aliphatic rings. The Balaban J connectivity index is 2.76. The zero-order valence-electron chi connectivity index (χ0n) is 10.4. The minimum Gasteiger partial charge on any atom is -0.507 e.